The van der Waals surface area contributed by atoms with E-state index in [1.54, 1.807) is 23.1 Å². The third-order valence-corrected chi connectivity index (χ3v) is 7.86. The van der Waals surface area contributed by atoms with Gasteiger partial charge in [-0.3, -0.25) is 19.3 Å². The number of fused-ring (bicyclic) bond motifs is 1. The molecule has 2 aliphatic rings. The molecule has 8 heteroatoms. The summed E-state index contributed by atoms with van der Waals surface area (Å²) < 4.78 is 19.6. The lowest BCUT2D eigenvalue weighted by Crippen LogP contribution is -2.38. The number of carbonyl (C=O) groups is 3. The van der Waals surface area contributed by atoms with Crippen molar-refractivity contribution >= 4 is 29.0 Å². The van der Waals surface area contributed by atoms with E-state index in [4.69, 9.17) is 4.74 Å². The molecule has 1 heterocycles. The van der Waals surface area contributed by atoms with Crippen LogP contribution in [-0.2, 0) is 14.4 Å². The molecule has 0 saturated heterocycles. The fourth-order valence-electron chi connectivity index (χ4n) is 5.77. The monoisotopic (exact) mass is 570 g/mol. The molecule has 0 aromatic heterocycles. The number of ether oxygens (including phenoxy) is 1. The first-order valence-corrected chi connectivity index (χ1v) is 14.5. The Labute approximate surface area is 245 Å². The van der Waals surface area contributed by atoms with Crippen LogP contribution in [0.15, 0.2) is 84.1 Å². The van der Waals surface area contributed by atoms with Crippen LogP contribution >= 0.6 is 0 Å². The van der Waals surface area contributed by atoms with Gasteiger partial charge in [0.15, 0.2) is 5.78 Å². The predicted octanol–water partition coefficient (Wildman–Crippen LogP) is 7.16. The summed E-state index contributed by atoms with van der Waals surface area (Å²) in [5.41, 5.74) is 3.99. The van der Waals surface area contributed by atoms with Gasteiger partial charge < -0.3 is 15.2 Å². The number of nitrogens with one attached hydrogen (secondary N) is 1. The minimum Gasteiger partial charge on any atom is -0.494 e. The summed E-state index contributed by atoms with van der Waals surface area (Å²) in [5.74, 6) is -1.38. The molecule has 1 aliphatic carbocycles. The van der Waals surface area contributed by atoms with E-state index in [0.29, 0.717) is 41.4 Å². The third kappa shape index (κ3) is 6.38. The number of nitrogens with zero attached hydrogens (tertiary/aromatic N) is 1. The van der Waals surface area contributed by atoms with Gasteiger partial charge >= 0.3 is 5.97 Å². The van der Waals surface area contributed by atoms with Crippen molar-refractivity contribution in [2.24, 2.45) is 0 Å². The Hall–Kier alpha value is -4.46. The molecule has 7 nitrogen and oxygen atoms in total. The first-order chi connectivity index (χ1) is 20.4. The number of hydrogen-bond acceptors (Lipinski definition) is 5. The Kier molecular flexibility index (Phi) is 9.00. The van der Waals surface area contributed by atoms with Crippen LogP contribution in [0.25, 0.3) is 0 Å². The summed E-state index contributed by atoms with van der Waals surface area (Å²) in [6.07, 6.45) is 3.29. The van der Waals surface area contributed by atoms with Crippen molar-refractivity contribution in [3.63, 3.8) is 0 Å². The van der Waals surface area contributed by atoms with Gasteiger partial charge in [-0.1, -0.05) is 56.2 Å². The van der Waals surface area contributed by atoms with Gasteiger partial charge in [0.05, 0.1) is 30.4 Å². The van der Waals surface area contributed by atoms with Gasteiger partial charge in [0.2, 0.25) is 5.91 Å². The van der Waals surface area contributed by atoms with Crippen LogP contribution in [0.1, 0.15) is 75.0 Å². The molecule has 5 rings (SSSR count). The zero-order chi connectivity index (χ0) is 29.6. The van der Waals surface area contributed by atoms with E-state index < -0.39 is 17.9 Å². The number of carbonyl (C=O) groups excluding carboxylic acids is 2. The molecule has 218 valence electrons. The number of aliphatic carboxylic acids is 1. The number of carboxylic acids is 1. The van der Waals surface area contributed by atoms with Gasteiger partial charge in [-0.2, -0.15) is 0 Å². The number of allylic oxidation sites excluding steroid dienone is 1. The molecule has 1 aliphatic heterocycles. The predicted molar refractivity (Wildman–Crippen MR) is 159 cm³/mol. The normalized spacial score (nSPS) is 18.0. The van der Waals surface area contributed by atoms with Crippen LogP contribution in [0.3, 0.4) is 0 Å². The quantitative estimate of drug-likeness (QED) is 0.251. The number of unbranched alkanes of at least 4 members (excludes halogenated alkanes) is 2. The summed E-state index contributed by atoms with van der Waals surface area (Å²) >= 11 is 0. The van der Waals surface area contributed by atoms with Gasteiger partial charge in [0, 0.05) is 24.1 Å². The minimum absolute atomic E-state index is 0.119. The Morgan fingerprint density at radius 1 is 0.952 bits per heavy atom. The molecular formula is C34H35FN2O5. The van der Waals surface area contributed by atoms with Crippen LogP contribution < -0.4 is 15.0 Å². The van der Waals surface area contributed by atoms with E-state index in [1.165, 1.54) is 12.1 Å². The molecule has 0 bridgehead atoms. The van der Waals surface area contributed by atoms with Gasteiger partial charge in [-0.15, -0.1) is 0 Å². The second-order valence-corrected chi connectivity index (χ2v) is 10.8. The zero-order valence-corrected chi connectivity index (χ0v) is 23.6. The highest BCUT2D eigenvalue weighted by atomic mass is 19.1. The summed E-state index contributed by atoms with van der Waals surface area (Å²) in [5, 5.41) is 12.8. The standard InChI is InChI=1S/C34H35FN2O5/c1-2-3-6-19-42-26-15-11-23(12-16-26)34-33-28(20-24(21-30(33)38)22-9-13-25(35)14-10-22)36-27-7-4-5-8-29(27)37(34)31(39)17-18-32(40)41/h4-5,7-16,24,34,36H,2-3,6,17-21H2,1H3,(H,40,41)/t24-,34-/m1/s1. The molecule has 0 spiro atoms. The van der Waals surface area contributed by atoms with Crippen molar-refractivity contribution in [3.05, 3.63) is 101 Å². The number of benzene rings is 3. The molecule has 2 atom stereocenters. The Morgan fingerprint density at radius 3 is 2.38 bits per heavy atom. The molecule has 1 amide bonds. The molecule has 0 saturated carbocycles. The van der Waals surface area contributed by atoms with E-state index in [9.17, 15) is 23.9 Å². The van der Waals surface area contributed by atoms with Gasteiger partial charge in [0.25, 0.3) is 0 Å². The lowest BCUT2D eigenvalue weighted by molar-refractivity contribution is -0.138. The molecule has 42 heavy (non-hydrogen) atoms. The number of hydrogen-bond donors (Lipinski definition) is 2. The maximum Gasteiger partial charge on any atom is 0.303 e. The lowest BCUT2D eigenvalue weighted by atomic mass is 9.78. The average Bonchev–Trinajstić information content (AvgIpc) is 3.13. The number of amides is 1. The lowest BCUT2D eigenvalue weighted by Gasteiger charge is -2.35. The van der Waals surface area contributed by atoms with Crippen LogP contribution in [-0.4, -0.2) is 29.4 Å². The average molecular weight is 571 g/mol. The maximum atomic E-state index is 14.0. The summed E-state index contributed by atoms with van der Waals surface area (Å²) in [7, 11) is 0. The molecule has 0 radical (unpaired) electrons. The summed E-state index contributed by atoms with van der Waals surface area (Å²) in [6, 6.07) is 20.2. The molecule has 2 N–H and O–H groups in total. The molecule has 3 aromatic rings. The topological polar surface area (TPSA) is 95.9 Å². The smallest absolute Gasteiger partial charge is 0.303 e. The highest BCUT2D eigenvalue weighted by Gasteiger charge is 2.41. The Balaban J connectivity index is 1.59. The fraction of sp³-hybridized carbons (Fsp3) is 0.324. The van der Waals surface area contributed by atoms with E-state index in [1.807, 2.05) is 42.5 Å². The van der Waals surface area contributed by atoms with E-state index in [0.717, 1.165) is 30.4 Å². The summed E-state index contributed by atoms with van der Waals surface area (Å²) in [4.78, 5) is 40.8. The highest BCUT2D eigenvalue weighted by Crippen LogP contribution is 2.47. The van der Waals surface area contributed by atoms with E-state index >= 15 is 0 Å². The van der Waals surface area contributed by atoms with Crippen LogP contribution in [0.4, 0.5) is 15.8 Å². The van der Waals surface area contributed by atoms with Crippen molar-refractivity contribution in [1.29, 1.82) is 0 Å². The number of para-hydroxylation sites is 2. The van der Waals surface area contributed by atoms with Crippen molar-refractivity contribution in [2.75, 3.05) is 16.8 Å². The van der Waals surface area contributed by atoms with Crippen molar-refractivity contribution < 1.29 is 28.6 Å². The second-order valence-electron chi connectivity index (χ2n) is 10.8. The first kappa shape index (κ1) is 29.0. The number of carboxylic acid groups (broad SMARTS) is 1. The van der Waals surface area contributed by atoms with Crippen molar-refractivity contribution in [1.82, 2.24) is 0 Å². The van der Waals surface area contributed by atoms with E-state index in [2.05, 4.69) is 12.2 Å². The number of ketones is 1. The Bertz CT molecular complexity index is 1480. The number of rotatable bonds is 10. The van der Waals surface area contributed by atoms with E-state index in [-0.39, 0.29) is 36.8 Å². The van der Waals surface area contributed by atoms with Gasteiger partial charge in [-0.05, 0) is 66.3 Å². The number of anilines is 2. The van der Waals surface area contributed by atoms with Crippen molar-refractivity contribution in [2.45, 2.75) is 63.8 Å². The maximum absolute atomic E-state index is 14.0. The Morgan fingerprint density at radius 2 is 1.67 bits per heavy atom. The summed E-state index contributed by atoms with van der Waals surface area (Å²) in [6.45, 7) is 2.74. The van der Waals surface area contributed by atoms with Crippen molar-refractivity contribution in [3.8, 4) is 5.75 Å². The minimum atomic E-state index is -1.07. The molecule has 3 aromatic carbocycles. The first-order valence-electron chi connectivity index (χ1n) is 14.5. The molecule has 0 fully saturated rings. The number of Topliss-reactive ketones (excluding diaryl/α,β-unsaturated/α-hetero) is 1. The molecular weight excluding hydrogens is 535 g/mol. The largest absolute Gasteiger partial charge is 0.494 e. The zero-order valence-electron chi connectivity index (χ0n) is 23.6. The third-order valence-electron chi connectivity index (χ3n) is 7.86. The van der Waals surface area contributed by atoms with Gasteiger partial charge in [0.1, 0.15) is 11.6 Å². The van der Waals surface area contributed by atoms with Crippen LogP contribution in [0.2, 0.25) is 0 Å². The molecule has 0 unspecified atom stereocenters. The fourth-order valence-corrected chi connectivity index (χ4v) is 5.77. The highest BCUT2D eigenvalue weighted by molar-refractivity contribution is 6.06. The second kappa shape index (κ2) is 13.0. The SMILES string of the molecule is CCCCCOc1ccc([C@@H]2C3=C(C[C@@H](c4ccc(F)cc4)CC3=O)Nc3ccccc3N2C(=O)CCC(=O)O)cc1. The van der Waals surface area contributed by atoms with Crippen LogP contribution in [0.5, 0.6) is 5.75 Å². The van der Waals surface area contributed by atoms with Gasteiger partial charge in [-0.25, -0.2) is 4.39 Å². The van der Waals surface area contributed by atoms with Crippen LogP contribution in [0, 0.1) is 5.82 Å². The number of halogens is 1.